The van der Waals surface area contributed by atoms with Crippen molar-refractivity contribution in [3.05, 3.63) is 29.3 Å². The number of amides is 1. The van der Waals surface area contributed by atoms with Crippen LogP contribution in [-0.4, -0.2) is 31.8 Å². The van der Waals surface area contributed by atoms with Gasteiger partial charge >= 0.3 is 0 Å². The topological polar surface area (TPSA) is 80.5 Å². The van der Waals surface area contributed by atoms with Crippen LogP contribution in [0.1, 0.15) is 35.2 Å². The first-order chi connectivity index (χ1) is 9.34. The second-order valence-corrected chi connectivity index (χ2v) is 7.43. The van der Waals surface area contributed by atoms with E-state index in [0.717, 1.165) is 24.9 Å². The molecule has 20 heavy (non-hydrogen) atoms. The van der Waals surface area contributed by atoms with Crippen LogP contribution in [0.4, 0.5) is 0 Å². The Morgan fingerprint density at radius 2 is 2.05 bits per heavy atom. The predicted molar refractivity (Wildman–Crippen MR) is 74.7 cm³/mol. The van der Waals surface area contributed by atoms with Crippen LogP contribution in [0.25, 0.3) is 0 Å². The van der Waals surface area contributed by atoms with Gasteiger partial charge in [-0.25, -0.2) is 13.6 Å². The van der Waals surface area contributed by atoms with Gasteiger partial charge in [-0.1, -0.05) is 0 Å². The Balaban J connectivity index is 1.94. The lowest BCUT2D eigenvalue weighted by Gasteiger charge is -2.27. The second-order valence-electron chi connectivity index (χ2n) is 5.87. The number of carbonyl (C=O) groups excluding carboxylic acids is 1. The molecule has 2 atom stereocenters. The van der Waals surface area contributed by atoms with Crippen LogP contribution in [0.3, 0.4) is 0 Å². The zero-order valence-corrected chi connectivity index (χ0v) is 12.2. The minimum absolute atomic E-state index is 0.00482. The lowest BCUT2D eigenvalue weighted by atomic mass is 10.1. The van der Waals surface area contributed by atoms with Gasteiger partial charge in [0.15, 0.2) is 0 Å². The molecular formula is C14H18N2O3S. The standard InChI is InChI=1S/C14H18N2O3S/c1-9-4-11(7-13(5-9)20(15,18)19)14(17)16-8-10-2-3-12(16)6-10/h4-5,7,10,12H,2-3,6,8H2,1H3,(H2,15,18,19). The van der Waals surface area contributed by atoms with Gasteiger partial charge in [0, 0.05) is 18.2 Å². The highest BCUT2D eigenvalue weighted by Crippen LogP contribution is 2.38. The number of benzene rings is 1. The van der Waals surface area contributed by atoms with Crippen molar-refractivity contribution >= 4 is 15.9 Å². The smallest absolute Gasteiger partial charge is 0.254 e. The van der Waals surface area contributed by atoms with E-state index in [9.17, 15) is 13.2 Å². The molecule has 2 fully saturated rings. The number of rotatable bonds is 2. The van der Waals surface area contributed by atoms with Crippen molar-refractivity contribution in [1.82, 2.24) is 4.90 Å². The monoisotopic (exact) mass is 294 g/mol. The van der Waals surface area contributed by atoms with Gasteiger partial charge in [0.2, 0.25) is 10.0 Å². The summed E-state index contributed by atoms with van der Waals surface area (Å²) < 4.78 is 22.9. The van der Waals surface area contributed by atoms with Crippen LogP contribution in [0.5, 0.6) is 0 Å². The van der Waals surface area contributed by atoms with E-state index in [1.54, 1.807) is 13.0 Å². The maximum atomic E-state index is 12.6. The fourth-order valence-corrected chi connectivity index (χ4v) is 4.02. The van der Waals surface area contributed by atoms with Crippen LogP contribution in [0.2, 0.25) is 0 Å². The number of aryl methyl sites for hydroxylation is 1. The number of likely N-dealkylation sites (tertiary alicyclic amines) is 1. The molecule has 1 saturated heterocycles. The first-order valence-electron chi connectivity index (χ1n) is 6.80. The van der Waals surface area contributed by atoms with Gasteiger partial charge in [0.25, 0.3) is 5.91 Å². The van der Waals surface area contributed by atoms with E-state index in [-0.39, 0.29) is 10.8 Å². The third-order valence-corrected chi connectivity index (χ3v) is 5.19. The van der Waals surface area contributed by atoms with Crippen molar-refractivity contribution in [2.24, 2.45) is 11.1 Å². The third-order valence-electron chi connectivity index (χ3n) is 4.30. The van der Waals surface area contributed by atoms with Gasteiger partial charge < -0.3 is 4.90 Å². The molecular weight excluding hydrogens is 276 g/mol. The number of piperidine rings is 1. The number of nitrogens with zero attached hydrogens (tertiary/aromatic N) is 1. The molecule has 2 aliphatic rings. The predicted octanol–water partition coefficient (Wildman–Crippen LogP) is 1.27. The number of fused-ring (bicyclic) bond motifs is 2. The summed E-state index contributed by atoms with van der Waals surface area (Å²) >= 11 is 0. The van der Waals surface area contributed by atoms with Gasteiger partial charge in [0.05, 0.1) is 4.90 Å². The molecule has 1 aromatic rings. The lowest BCUT2D eigenvalue weighted by molar-refractivity contribution is 0.0703. The fraction of sp³-hybridized carbons (Fsp3) is 0.500. The van der Waals surface area contributed by atoms with Crippen LogP contribution in [0, 0.1) is 12.8 Å². The van der Waals surface area contributed by atoms with Gasteiger partial charge in [-0.2, -0.15) is 0 Å². The summed E-state index contributed by atoms with van der Waals surface area (Å²) in [6.07, 6.45) is 3.34. The van der Waals surface area contributed by atoms with E-state index in [1.807, 2.05) is 4.90 Å². The molecule has 1 aromatic carbocycles. The van der Waals surface area contributed by atoms with Crippen molar-refractivity contribution in [2.75, 3.05) is 6.54 Å². The first kappa shape index (κ1) is 13.6. The minimum Gasteiger partial charge on any atom is -0.335 e. The molecule has 108 valence electrons. The van der Waals surface area contributed by atoms with E-state index < -0.39 is 10.0 Å². The van der Waals surface area contributed by atoms with E-state index in [0.29, 0.717) is 17.5 Å². The Kier molecular flexibility index (Phi) is 3.10. The van der Waals surface area contributed by atoms with E-state index in [4.69, 9.17) is 5.14 Å². The summed E-state index contributed by atoms with van der Waals surface area (Å²) in [6, 6.07) is 4.92. The Bertz CT molecular complexity index is 669. The number of primary sulfonamides is 1. The summed E-state index contributed by atoms with van der Waals surface area (Å²) in [4.78, 5) is 14.4. The maximum Gasteiger partial charge on any atom is 0.254 e. The Morgan fingerprint density at radius 3 is 2.60 bits per heavy atom. The Labute approximate surface area is 118 Å². The molecule has 6 heteroatoms. The van der Waals surface area contributed by atoms with E-state index in [1.165, 1.54) is 18.6 Å². The second kappa shape index (κ2) is 4.56. The molecule has 1 aliphatic carbocycles. The average Bonchev–Trinajstić information content (AvgIpc) is 2.98. The normalized spacial score (nSPS) is 25.2. The zero-order valence-electron chi connectivity index (χ0n) is 11.4. The Morgan fingerprint density at radius 1 is 1.30 bits per heavy atom. The molecule has 0 spiro atoms. The van der Waals surface area contributed by atoms with Gasteiger partial charge in [0.1, 0.15) is 0 Å². The lowest BCUT2D eigenvalue weighted by Crippen LogP contribution is -2.37. The average molecular weight is 294 g/mol. The highest BCUT2D eigenvalue weighted by atomic mass is 32.2. The third kappa shape index (κ3) is 2.33. The largest absolute Gasteiger partial charge is 0.335 e. The number of nitrogens with two attached hydrogens (primary N) is 1. The number of sulfonamides is 1. The molecule has 5 nitrogen and oxygen atoms in total. The van der Waals surface area contributed by atoms with Gasteiger partial charge in [-0.05, 0) is 55.9 Å². The summed E-state index contributed by atoms with van der Waals surface area (Å²) in [5.74, 6) is 0.539. The first-order valence-corrected chi connectivity index (χ1v) is 8.34. The zero-order chi connectivity index (χ0) is 14.5. The minimum atomic E-state index is -3.79. The molecule has 0 radical (unpaired) electrons. The summed E-state index contributed by atoms with van der Waals surface area (Å²) in [7, 11) is -3.79. The molecule has 1 heterocycles. The highest BCUT2D eigenvalue weighted by molar-refractivity contribution is 7.89. The van der Waals surface area contributed by atoms with Crippen LogP contribution in [-0.2, 0) is 10.0 Å². The molecule has 2 bridgehead atoms. The van der Waals surface area contributed by atoms with E-state index >= 15 is 0 Å². The summed E-state index contributed by atoms with van der Waals surface area (Å²) in [6.45, 7) is 2.56. The quantitative estimate of drug-likeness (QED) is 0.892. The summed E-state index contributed by atoms with van der Waals surface area (Å²) in [5, 5.41) is 5.16. The number of carbonyl (C=O) groups is 1. The SMILES string of the molecule is Cc1cc(C(=O)N2CC3CCC2C3)cc(S(N)(=O)=O)c1. The number of hydrogen-bond donors (Lipinski definition) is 1. The van der Waals surface area contributed by atoms with Crippen molar-refractivity contribution in [3.63, 3.8) is 0 Å². The Hall–Kier alpha value is -1.40. The molecule has 1 saturated carbocycles. The molecule has 3 rings (SSSR count). The molecule has 2 unspecified atom stereocenters. The van der Waals surface area contributed by atoms with Crippen LogP contribution >= 0.6 is 0 Å². The fourth-order valence-electron chi connectivity index (χ4n) is 3.37. The van der Waals surface area contributed by atoms with Crippen molar-refractivity contribution < 1.29 is 13.2 Å². The molecule has 2 N–H and O–H groups in total. The van der Waals surface area contributed by atoms with E-state index in [2.05, 4.69) is 0 Å². The van der Waals surface area contributed by atoms with Crippen molar-refractivity contribution in [1.29, 1.82) is 0 Å². The van der Waals surface area contributed by atoms with Crippen molar-refractivity contribution in [2.45, 2.75) is 37.1 Å². The molecule has 1 aliphatic heterocycles. The van der Waals surface area contributed by atoms with Crippen LogP contribution < -0.4 is 5.14 Å². The highest BCUT2D eigenvalue weighted by Gasteiger charge is 2.40. The van der Waals surface area contributed by atoms with Gasteiger partial charge in [-0.3, -0.25) is 4.79 Å². The maximum absolute atomic E-state index is 12.6. The molecule has 1 amide bonds. The van der Waals surface area contributed by atoms with Gasteiger partial charge in [-0.15, -0.1) is 0 Å². The van der Waals surface area contributed by atoms with Crippen LogP contribution in [0.15, 0.2) is 23.1 Å². The number of hydrogen-bond acceptors (Lipinski definition) is 3. The molecule has 0 aromatic heterocycles. The summed E-state index contributed by atoms with van der Waals surface area (Å²) in [5.41, 5.74) is 1.14. The van der Waals surface area contributed by atoms with Crippen molar-refractivity contribution in [3.8, 4) is 0 Å².